The molecule has 0 aliphatic carbocycles. The van der Waals surface area contributed by atoms with Crippen LogP contribution in [0.2, 0.25) is 0 Å². The Bertz CT molecular complexity index is 610. The van der Waals surface area contributed by atoms with Crippen LogP contribution in [0.15, 0.2) is 12.4 Å². The lowest BCUT2D eigenvalue weighted by Crippen LogP contribution is -2.13. The molecule has 0 saturated heterocycles. The lowest BCUT2D eigenvalue weighted by atomic mass is 9.98. The molecule has 2 heterocycles. The highest BCUT2D eigenvalue weighted by atomic mass is 16.4. The number of carboxylic acids is 1. The molecule has 2 rings (SSSR count). The second-order valence-corrected chi connectivity index (χ2v) is 4.59. The topological polar surface area (TPSA) is 80.9 Å². The summed E-state index contributed by atoms with van der Waals surface area (Å²) >= 11 is 0. The number of aromatic nitrogens is 4. The van der Waals surface area contributed by atoms with Gasteiger partial charge in [-0.2, -0.15) is 5.10 Å². The number of hydrogen-bond donors (Lipinski definition) is 1. The Morgan fingerprint density at radius 2 is 1.89 bits per heavy atom. The molecule has 19 heavy (non-hydrogen) atoms. The largest absolute Gasteiger partial charge is 0.481 e. The van der Waals surface area contributed by atoms with E-state index in [0.717, 1.165) is 5.56 Å². The summed E-state index contributed by atoms with van der Waals surface area (Å²) in [7, 11) is 1.82. The van der Waals surface area contributed by atoms with Gasteiger partial charge in [0.25, 0.3) is 0 Å². The van der Waals surface area contributed by atoms with Crippen LogP contribution in [0.4, 0.5) is 0 Å². The molecule has 0 radical (unpaired) electrons. The summed E-state index contributed by atoms with van der Waals surface area (Å²) in [4.78, 5) is 19.9. The van der Waals surface area contributed by atoms with Crippen molar-refractivity contribution in [2.45, 2.75) is 26.7 Å². The van der Waals surface area contributed by atoms with Crippen molar-refractivity contribution in [2.75, 3.05) is 0 Å². The summed E-state index contributed by atoms with van der Waals surface area (Å²) in [6.45, 7) is 5.26. The Hall–Kier alpha value is -2.24. The minimum atomic E-state index is -0.871. The normalized spacial score (nSPS) is 12.4. The van der Waals surface area contributed by atoms with Crippen LogP contribution in [0, 0.1) is 13.8 Å². The standard InChI is InChI=1S/C13H16N4O2/c1-7(13(18)19)11-8(2)15-12(16-9(11)3)10-5-14-17(4)6-10/h5-7H,1-4H3,(H,18,19). The first kappa shape index (κ1) is 13.2. The maximum atomic E-state index is 11.1. The maximum absolute atomic E-state index is 11.1. The molecule has 1 N–H and O–H groups in total. The van der Waals surface area contributed by atoms with E-state index >= 15 is 0 Å². The molecule has 100 valence electrons. The van der Waals surface area contributed by atoms with Gasteiger partial charge in [0.1, 0.15) is 0 Å². The zero-order valence-corrected chi connectivity index (χ0v) is 11.4. The first-order chi connectivity index (χ1) is 8.90. The van der Waals surface area contributed by atoms with E-state index in [1.54, 1.807) is 17.8 Å². The van der Waals surface area contributed by atoms with Crippen molar-refractivity contribution < 1.29 is 9.90 Å². The van der Waals surface area contributed by atoms with Gasteiger partial charge in [0.2, 0.25) is 0 Å². The molecule has 2 aromatic rings. The van der Waals surface area contributed by atoms with Crippen LogP contribution in [0.1, 0.15) is 29.8 Å². The molecule has 0 aliphatic heterocycles. The smallest absolute Gasteiger partial charge is 0.310 e. The van der Waals surface area contributed by atoms with Crippen LogP contribution in [-0.2, 0) is 11.8 Å². The van der Waals surface area contributed by atoms with Crippen molar-refractivity contribution >= 4 is 5.97 Å². The van der Waals surface area contributed by atoms with Gasteiger partial charge in [-0.1, -0.05) is 0 Å². The van der Waals surface area contributed by atoms with Crippen LogP contribution >= 0.6 is 0 Å². The first-order valence-electron chi connectivity index (χ1n) is 5.97. The van der Waals surface area contributed by atoms with E-state index in [9.17, 15) is 4.79 Å². The minimum absolute atomic E-state index is 0.574. The van der Waals surface area contributed by atoms with E-state index in [0.29, 0.717) is 22.8 Å². The van der Waals surface area contributed by atoms with Crippen molar-refractivity contribution in [1.29, 1.82) is 0 Å². The summed E-state index contributed by atoms with van der Waals surface area (Å²) in [5.41, 5.74) is 2.89. The minimum Gasteiger partial charge on any atom is -0.481 e. The molecule has 0 fully saturated rings. The quantitative estimate of drug-likeness (QED) is 0.908. The van der Waals surface area contributed by atoms with Crippen molar-refractivity contribution in [3.8, 4) is 11.4 Å². The average molecular weight is 260 g/mol. The average Bonchev–Trinajstić information content (AvgIpc) is 2.74. The molecular formula is C13H16N4O2. The third kappa shape index (κ3) is 2.47. The van der Waals surface area contributed by atoms with E-state index in [1.165, 1.54) is 0 Å². The maximum Gasteiger partial charge on any atom is 0.310 e. The third-order valence-electron chi connectivity index (χ3n) is 3.09. The molecule has 6 nitrogen and oxygen atoms in total. The van der Waals surface area contributed by atoms with Gasteiger partial charge in [0, 0.05) is 30.2 Å². The van der Waals surface area contributed by atoms with Gasteiger partial charge in [0.05, 0.1) is 17.7 Å². The van der Waals surface area contributed by atoms with Crippen LogP contribution < -0.4 is 0 Å². The van der Waals surface area contributed by atoms with E-state index in [4.69, 9.17) is 5.11 Å². The lowest BCUT2D eigenvalue weighted by molar-refractivity contribution is -0.138. The number of carbonyl (C=O) groups is 1. The molecule has 0 bridgehead atoms. The molecule has 1 atom stereocenters. The van der Waals surface area contributed by atoms with E-state index in [2.05, 4.69) is 15.1 Å². The van der Waals surface area contributed by atoms with Crippen molar-refractivity contribution in [3.63, 3.8) is 0 Å². The summed E-state index contributed by atoms with van der Waals surface area (Å²) in [5, 5.41) is 13.2. The van der Waals surface area contributed by atoms with Crippen molar-refractivity contribution in [2.24, 2.45) is 7.05 Å². The molecule has 1 unspecified atom stereocenters. The van der Waals surface area contributed by atoms with Gasteiger partial charge in [-0.15, -0.1) is 0 Å². The Morgan fingerprint density at radius 1 is 1.32 bits per heavy atom. The summed E-state index contributed by atoms with van der Waals surface area (Å²) < 4.78 is 1.68. The van der Waals surface area contributed by atoms with E-state index < -0.39 is 11.9 Å². The van der Waals surface area contributed by atoms with Crippen LogP contribution in [0.3, 0.4) is 0 Å². The zero-order chi connectivity index (χ0) is 14.2. The van der Waals surface area contributed by atoms with Gasteiger partial charge < -0.3 is 5.11 Å². The first-order valence-corrected chi connectivity index (χ1v) is 5.97. The molecule has 2 aromatic heterocycles. The lowest BCUT2D eigenvalue weighted by Gasteiger charge is -2.13. The van der Waals surface area contributed by atoms with Crippen LogP contribution in [0.25, 0.3) is 11.4 Å². The Kier molecular flexibility index (Phi) is 3.33. The second kappa shape index (κ2) is 4.79. The van der Waals surface area contributed by atoms with Crippen LogP contribution in [-0.4, -0.2) is 30.8 Å². The van der Waals surface area contributed by atoms with Gasteiger partial charge in [-0.05, 0) is 20.8 Å². The Morgan fingerprint density at radius 3 is 2.32 bits per heavy atom. The Balaban J connectivity index is 2.51. The zero-order valence-electron chi connectivity index (χ0n) is 11.4. The molecule has 0 spiro atoms. The predicted octanol–water partition coefficient (Wildman–Crippen LogP) is 1.68. The molecule has 0 aromatic carbocycles. The van der Waals surface area contributed by atoms with E-state index in [1.807, 2.05) is 27.1 Å². The van der Waals surface area contributed by atoms with Crippen molar-refractivity contribution in [1.82, 2.24) is 19.7 Å². The molecule has 0 saturated carbocycles. The van der Waals surface area contributed by atoms with Crippen molar-refractivity contribution in [3.05, 3.63) is 29.3 Å². The number of hydrogen-bond acceptors (Lipinski definition) is 4. The molecule has 0 amide bonds. The molecular weight excluding hydrogens is 244 g/mol. The van der Waals surface area contributed by atoms with Gasteiger partial charge in [0.15, 0.2) is 5.82 Å². The second-order valence-electron chi connectivity index (χ2n) is 4.59. The predicted molar refractivity (Wildman–Crippen MR) is 69.8 cm³/mol. The fraction of sp³-hybridized carbons (Fsp3) is 0.385. The highest BCUT2D eigenvalue weighted by Gasteiger charge is 2.21. The number of aryl methyl sites for hydroxylation is 3. The summed E-state index contributed by atoms with van der Waals surface area (Å²) in [6, 6.07) is 0. The summed E-state index contributed by atoms with van der Waals surface area (Å²) in [6.07, 6.45) is 3.52. The fourth-order valence-corrected chi connectivity index (χ4v) is 2.14. The number of nitrogens with zero attached hydrogens (tertiary/aromatic N) is 4. The van der Waals surface area contributed by atoms with Gasteiger partial charge in [-0.3, -0.25) is 9.48 Å². The summed E-state index contributed by atoms with van der Waals surface area (Å²) in [5.74, 6) is -0.906. The molecule has 0 aliphatic rings. The monoisotopic (exact) mass is 260 g/mol. The Labute approximate surface area is 111 Å². The van der Waals surface area contributed by atoms with Gasteiger partial charge in [-0.25, -0.2) is 9.97 Å². The number of aliphatic carboxylic acids is 1. The number of rotatable bonds is 3. The van der Waals surface area contributed by atoms with E-state index in [-0.39, 0.29) is 0 Å². The number of carboxylic acid groups (broad SMARTS) is 1. The SMILES string of the molecule is Cc1nc(-c2cnn(C)c2)nc(C)c1C(C)C(=O)O. The third-order valence-corrected chi connectivity index (χ3v) is 3.09. The highest BCUT2D eigenvalue weighted by Crippen LogP contribution is 2.24. The fourth-order valence-electron chi connectivity index (χ4n) is 2.14. The highest BCUT2D eigenvalue weighted by molar-refractivity contribution is 5.76. The van der Waals surface area contributed by atoms with Crippen LogP contribution in [0.5, 0.6) is 0 Å². The molecule has 6 heteroatoms. The van der Waals surface area contributed by atoms with Gasteiger partial charge >= 0.3 is 5.97 Å².